The van der Waals surface area contributed by atoms with E-state index in [1.165, 1.54) is 12.1 Å². The molecule has 1 amide bonds. The van der Waals surface area contributed by atoms with Gasteiger partial charge in [0.25, 0.3) is 0 Å². The van der Waals surface area contributed by atoms with Crippen LogP contribution in [0.4, 0.5) is 0 Å². The highest BCUT2D eigenvalue weighted by Crippen LogP contribution is 2.15. The molecule has 0 radical (unpaired) electrons. The van der Waals surface area contributed by atoms with Crippen LogP contribution >= 0.6 is 0 Å². The molecule has 2 N–H and O–H groups in total. The molecular formula is C19H27NO5. The van der Waals surface area contributed by atoms with Crippen molar-refractivity contribution in [2.24, 2.45) is 5.92 Å². The molecule has 0 unspecified atom stereocenters. The number of aromatic carboxylic acids is 1. The second-order valence-corrected chi connectivity index (χ2v) is 7.15. The zero-order valence-corrected chi connectivity index (χ0v) is 15.5. The number of benzene rings is 1. The number of carboxylic acids is 1. The van der Waals surface area contributed by atoms with E-state index in [-0.39, 0.29) is 23.8 Å². The first-order valence-corrected chi connectivity index (χ1v) is 8.38. The maximum absolute atomic E-state index is 12.4. The molecule has 0 aromatic heterocycles. The lowest BCUT2D eigenvalue weighted by Crippen LogP contribution is -2.48. The van der Waals surface area contributed by atoms with Gasteiger partial charge in [-0.05, 0) is 44.4 Å². The number of esters is 1. The maximum atomic E-state index is 12.4. The molecule has 6 heteroatoms. The van der Waals surface area contributed by atoms with Crippen LogP contribution in [0.5, 0.6) is 0 Å². The van der Waals surface area contributed by atoms with Gasteiger partial charge in [0.1, 0.15) is 11.6 Å². The molecule has 0 saturated heterocycles. The Morgan fingerprint density at radius 3 is 2.40 bits per heavy atom. The summed E-state index contributed by atoms with van der Waals surface area (Å²) >= 11 is 0. The quantitative estimate of drug-likeness (QED) is 0.739. The Morgan fingerprint density at radius 1 is 1.24 bits per heavy atom. The van der Waals surface area contributed by atoms with Crippen molar-refractivity contribution in [1.82, 2.24) is 5.32 Å². The van der Waals surface area contributed by atoms with E-state index in [1.807, 2.05) is 13.8 Å². The van der Waals surface area contributed by atoms with E-state index in [4.69, 9.17) is 9.84 Å². The summed E-state index contributed by atoms with van der Waals surface area (Å²) in [5.74, 6) is -1.94. The van der Waals surface area contributed by atoms with E-state index in [1.54, 1.807) is 32.9 Å². The van der Waals surface area contributed by atoms with Gasteiger partial charge in [0, 0.05) is 0 Å². The SMILES string of the molecule is CC[C@H](C)[C@H](NC(=O)Cc1cccc(C(=O)O)c1)C(=O)OC(C)(C)C. The third kappa shape index (κ3) is 6.95. The number of hydrogen-bond donors (Lipinski definition) is 2. The summed E-state index contributed by atoms with van der Waals surface area (Å²) in [5, 5.41) is 11.7. The van der Waals surface area contributed by atoms with E-state index in [0.29, 0.717) is 12.0 Å². The summed E-state index contributed by atoms with van der Waals surface area (Å²) in [7, 11) is 0. The first-order valence-electron chi connectivity index (χ1n) is 8.38. The topological polar surface area (TPSA) is 92.7 Å². The van der Waals surface area contributed by atoms with Gasteiger partial charge in [0.05, 0.1) is 12.0 Å². The van der Waals surface area contributed by atoms with Crippen LogP contribution in [0.3, 0.4) is 0 Å². The standard InChI is InChI=1S/C19H27NO5/c1-6-12(2)16(18(24)25-19(3,4)5)20-15(21)11-13-8-7-9-14(10-13)17(22)23/h7-10,12,16H,6,11H2,1-5H3,(H,20,21)(H,22,23)/t12-,16-/m0/s1. The normalized spacial score (nSPS) is 13.6. The third-order valence-electron chi connectivity index (χ3n) is 3.73. The highest BCUT2D eigenvalue weighted by atomic mass is 16.6. The molecule has 0 aliphatic carbocycles. The molecule has 1 aromatic rings. The van der Waals surface area contributed by atoms with E-state index in [0.717, 1.165) is 0 Å². The first kappa shape index (κ1) is 20.7. The molecular weight excluding hydrogens is 322 g/mol. The van der Waals surface area contributed by atoms with Crippen molar-refractivity contribution >= 4 is 17.8 Å². The number of ether oxygens (including phenoxy) is 1. The smallest absolute Gasteiger partial charge is 0.335 e. The van der Waals surface area contributed by atoms with Crippen molar-refractivity contribution in [3.8, 4) is 0 Å². The van der Waals surface area contributed by atoms with E-state index in [9.17, 15) is 14.4 Å². The summed E-state index contributed by atoms with van der Waals surface area (Å²) in [6, 6.07) is 5.45. The van der Waals surface area contributed by atoms with Crippen molar-refractivity contribution in [3.05, 3.63) is 35.4 Å². The Labute approximate surface area is 148 Å². The Kier molecular flexibility index (Phi) is 7.15. The lowest BCUT2D eigenvalue weighted by atomic mass is 9.98. The largest absolute Gasteiger partial charge is 0.478 e. The fraction of sp³-hybridized carbons (Fsp3) is 0.526. The van der Waals surface area contributed by atoms with Gasteiger partial charge in [-0.25, -0.2) is 9.59 Å². The highest BCUT2D eigenvalue weighted by molar-refractivity contribution is 5.89. The number of hydrogen-bond acceptors (Lipinski definition) is 4. The van der Waals surface area contributed by atoms with E-state index >= 15 is 0 Å². The van der Waals surface area contributed by atoms with Gasteiger partial charge in [-0.1, -0.05) is 32.4 Å². The molecule has 0 spiro atoms. The second-order valence-electron chi connectivity index (χ2n) is 7.15. The van der Waals surface area contributed by atoms with Crippen LogP contribution in [0.15, 0.2) is 24.3 Å². The molecule has 0 bridgehead atoms. The number of amides is 1. The number of carbonyl (C=O) groups is 3. The molecule has 2 atom stereocenters. The molecule has 1 rings (SSSR count). The molecule has 138 valence electrons. The molecule has 0 saturated carbocycles. The Balaban J connectivity index is 2.83. The van der Waals surface area contributed by atoms with Gasteiger partial charge in [-0.15, -0.1) is 0 Å². The Morgan fingerprint density at radius 2 is 1.88 bits per heavy atom. The Bertz CT molecular complexity index is 633. The first-order chi connectivity index (χ1) is 11.5. The summed E-state index contributed by atoms with van der Waals surface area (Å²) in [4.78, 5) is 35.7. The predicted octanol–water partition coefficient (Wildman–Crippen LogP) is 2.80. The highest BCUT2D eigenvalue weighted by Gasteiger charge is 2.30. The lowest BCUT2D eigenvalue weighted by Gasteiger charge is -2.27. The summed E-state index contributed by atoms with van der Waals surface area (Å²) in [5.41, 5.74) is 0.0592. The molecule has 0 fully saturated rings. The maximum Gasteiger partial charge on any atom is 0.335 e. The van der Waals surface area contributed by atoms with Gasteiger partial charge in [0.2, 0.25) is 5.91 Å². The van der Waals surface area contributed by atoms with E-state index in [2.05, 4.69) is 5.32 Å². The summed E-state index contributed by atoms with van der Waals surface area (Å²) < 4.78 is 5.39. The molecule has 6 nitrogen and oxygen atoms in total. The van der Waals surface area contributed by atoms with Gasteiger partial charge >= 0.3 is 11.9 Å². The third-order valence-corrected chi connectivity index (χ3v) is 3.73. The predicted molar refractivity (Wildman–Crippen MR) is 94.3 cm³/mol. The van der Waals surface area contributed by atoms with Crippen molar-refractivity contribution in [3.63, 3.8) is 0 Å². The molecule has 0 aliphatic heterocycles. The Hall–Kier alpha value is -2.37. The monoisotopic (exact) mass is 349 g/mol. The van der Waals surface area contributed by atoms with Crippen molar-refractivity contribution in [2.75, 3.05) is 0 Å². The van der Waals surface area contributed by atoms with Gasteiger partial charge in [-0.2, -0.15) is 0 Å². The zero-order chi connectivity index (χ0) is 19.2. The van der Waals surface area contributed by atoms with E-state index < -0.39 is 23.6 Å². The molecule has 0 heterocycles. The number of rotatable bonds is 7. The fourth-order valence-corrected chi connectivity index (χ4v) is 2.26. The number of nitrogens with one attached hydrogen (secondary N) is 1. The zero-order valence-electron chi connectivity index (χ0n) is 15.5. The fourth-order valence-electron chi connectivity index (χ4n) is 2.26. The molecule has 0 aliphatic rings. The lowest BCUT2D eigenvalue weighted by molar-refractivity contribution is -0.160. The van der Waals surface area contributed by atoms with Gasteiger partial charge in [0.15, 0.2) is 0 Å². The average Bonchev–Trinajstić information content (AvgIpc) is 2.50. The number of carboxylic acid groups (broad SMARTS) is 1. The minimum absolute atomic E-state index is 0.00312. The van der Waals surface area contributed by atoms with Crippen LogP contribution in [0.1, 0.15) is 57.0 Å². The molecule has 1 aromatic carbocycles. The number of carbonyl (C=O) groups excluding carboxylic acids is 2. The van der Waals surface area contributed by atoms with Crippen LogP contribution in [-0.4, -0.2) is 34.6 Å². The van der Waals surface area contributed by atoms with Crippen LogP contribution in [-0.2, 0) is 20.7 Å². The molecule has 25 heavy (non-hydrogen) atoms. The van der Waals surface area contributed by atoms with Gasteiger partial charge < -0.3 is 15.2 Å². The van der Waals surface area contributed by atoms with Crippen molar-refractivity contribution < 1.29 is 24.2 Å². The average molecular weight is 349 g/mol. The second kappa shape index (κ2) is 8.65. The van der Waals surface area contributed by atoms with Crippen LogP contribution in [0, 0.1) is 5.92 Å². The van der Waals surface area contributed by atoms with Crippen molar-refractivity contribution in [2.45, 2.75) is 59.1 Å². The minimum atomic E-state index is -1.05. The van der Waals surface area contributed by atoms with Gasteiger partial charge in [-0.3, -0.25) is 4.79 Å². The van der Waals surface area contributed by atoms with Crippen LogP contribution < -0.4 is 5.32 Å². The summed E-state index contributed by atoms with van der Waals surface area (Å²) in [6.45, 7) is 9.14. The van der Waals surface area contributed by atoms with Crippen LogP contribution in [0.2, 0.25) is 0 Å². The minimum Gasteiger partial charge on any atom is -0.478 e. The van der Waals surface area contributed by atoms with Crippen LogP contribution in [0.25, 0.3) is 0 Å². The summed E-state index contributed by atoms with van der Waals surface area (Å²) in [6.07, 6.45) is 0.704. The van der Waals surface area contributed by atoms with Crippen molar-refractivity contribution in [1.29, 1.82) is 0 Å².